The molecule has 0 aromatic heterocycles. The van der Waals surface area contributed by atoms with Crippen LogP contribution in [0.25, 0.3) is 0 Å². The van der Waals surface area contributed by atoms with Crippen molar-refractivity contribution in [3.63, 3.8) is 0 Å². The van der Waals surface area contributed by atoms with Crippen LogP contribution in [0.1, 0.15) is 11.1 Å². The number of methoxy groups -OCH3 is 1. The van der Waals surface area contributed by atoms with Crippen LogP contribution >= 0.6 is 11.8 Å². The van der Waals surface area contributed by atoms with Crippen molar-refractivity contribution in [2.75, 3.05) is 7.11 Å². The minimum absolute atomic E-state index is 0.137. The van der Waals surface area contributed by atoms with E-state index in [0.717, 1.165) is 27.5 Å². The molecule has 0 unspecified atom stereocenters. The smallest absolute Gasteiger partial charge is 0.270 e. The highest BCUT2D eigenvalue weighted by Crippen LogP contribution is 2.42. The van der Waals surface area contributed by atoms with Crippen molar-refractivity contribution in [2.45, 2.75) is 16.2 Å². The Labute approximate surface area is 114 Å². The van der Waals surface area contributed by atoms with Gasteiger partial charge in [0.25, 0.3) is 5.69 Å². The molecule has 1 heterocycles. The summed E-state index contributed by atoms with van der Waals surface area (Å²) >= 11 is 1.56. The van der Waals surface area contributed by atoms with E-state index in [4.69, 9.17) is 4.74 Å². The van der Waals surface area contributed by atoms with Crippen LogP contribution in [0.2, 0.25) is 0 Å². The Morgan fingerprint density at radius 3 is 2.53 bits per heavy atom. The summed E-state index contributed by atoms with van der Waals surface area (Å²) in [4.78, 5) is 12.5. The normalized spacial score (nSPS) is 12.5. The van der Waals surface area contributed by atoms with Gasteiger partial charge >= 0.3 is 0 Å². The molecule has 0 atom stereocenters. The topological polar surface area (TPSA) is 52.4 Å². The van der Waals surface area contributed by atoms with Crippen LogP contribution in [0.5, 0.6) is 5.75 Å². The Hall–Kier alpha value is -2.01. The fourth-order valence-corrected chi connectivity index (χ4v) is 3.26. The molecule has 0 amide bonds. The van der Waals surface area contributed by atoms with Crippen LogP contribution in [-0.2, 0) is 6.42 Å². The second kappa shape index (κ2) is 4.59. The second-order valence-corrected chi connectivity index (χ2v) is 5.39. The number of nitro benzene ring substituents is 1. The Bertz CT molecular complexity index is 670. The van der Waals surface area contributed by atoms with Crippen LogP contribution in [0.4, 0.5) is 5.69 Å². The van der Waals surface area contributed by atoms with Crippen molar-refractivity contribution in [3.05, 3.63) is 57.6 Å². The van der Waals surface area contributed by atoms with E-state index in [1.807, 2.05) is 24.3 Å². The van der Waals surface area contributed by atoms with Gasteiger partial charge in [0.15, 0.2) is 0 Å². The lowest BCUT2D eigenvalue weighted by Crippen LogP contribution is -2.01. The van der Waals surface area contributed by atoms with Crippen molar-refractivity contribution >= 4 is 17.4 Å². The summed E-state index contributed by atoms with van der Waals surface area (Å²) in [6.45, 7) is 0. The third kappa shape index (κ3) is 2.17. The molecule has 0 saturated heterocycles. The van der Waals surface area contributed by atoms with E-state index in [2.05, 4.69) is 0 Å². The van der Waals surface area contributed by atoms with Gasteiger partial charge in [-0.25, -0.2) is 0 Å². The van der Waals surface area contributed by atoms with E-state index in [1.54, 1.807) is 31.0 Å². The lowest BCUT2D eigenvalue weighted by atomic mass is 10.0. The second-order valence-electron chi connectivity index (χ2n) is 4.30. The molecule has 4 nitrogen and oxygen atoms in total. The standard InChI is InChI=1S/C14H11NO3S/c1-18-12-5-3-10-6-9-2-4-11(15(16)17)7-13(9)19-14(10)8-12/h2-5,7-8H,6H2,1H3/i1-1. The zero-order valence-electron chi connectivity index (χ0n) is 10.3. The highest BCUT2D eigenvalue weighted by atomic mass is 32.2. The van der Waals surface area contributed by atoms with Gasteiger partial charge in [-0.05, 0) is 29.7 Å². The van der Waals surface area contributed by atoms with Crippen LogP contribution in [0.3, 0.4) is 0 Å². The lowest BCUT2D eigenvalue weighted by molar-refractivity contribution is -0.385. The predicted molar refractivity (Wildman–Crippen MR) is 73.0 cm³/mol. The third-order valence-corrected chi connectivity index (χ3v) is 4.34. The number of hydrogen-bond acceptors (Lipinski definition) is 4. The van der Waals surface area contributed by atoms with Crippen molar-refractivity contribution in [3.8, 4) is 5.75 Å². The molecule has 0 fully saturated rings. The van der Waals surface area contributed by atoms with E-state index in [1.165, 1.54) is 5.56 Å². The van der Waals surface area contributed by atoms with Crippen molar-refractivity contribution < 1.29 is 9.66 Å². The number of hydrogen-bond donors (Lipinski definition) is 0. The monoisotopic (exact) mass is 272 g/mol. The van der Waals surface area contributed by atoms with Gasteiger partial charge in [0.1, 0.15) is 5.75 Å². The third-order valence-electron chi connectivity index (χ3n) is 3.14. The lowest BCUT2D eigenvalue weighted by Gasteiger charge is -2.19. The molecule has 1 aliphatic rings. The van der Waals surface area contributed by atoms with Gasteiger partial charge in [0.05, 0.1) is 12.0 Å². The molecule has 0 aliphatic carbocycles. The average Bonchev–Trinajstić information content (AvgIpc) is 2.43. The summed E-state index contributed by atoms with van der Waals surface area (Å²) in [5, 5.41) is 10.8. The molecule has 5 heteroatoms. The number of benzene rings is 2. The Morgan fingerprint density at radius 2 is 1.84 bits per heavy atom. The summed E-state index contributed by atoms with van der Waals surface area (Å²) < 4.78 is 5.21. The first-order valence-corrected chi connectivity index (χ1v) is 6.61. The predicted octanol–water partition coefficient (Wildman–Crippen LogP) is 3.66. The van der Waals surface area contributed by atoms with Crippen molar-refractivity contribution in [1.29, 1.82) is 0 Å². The van der Waals surface area contributed by atoms with Gasteiger partial charge in [0, 0.05) is 21.9 Å². The maximum absolute atomic E-state index is 10.8. The summed E-state index contributed by atoms with van der Waals surface area (Å²) in [6, 6.07) is 11.0. The molecule has 19 heavy (non-hydrogen) atoms. The van der Waals surface area contributed by atoms with Crippen LogP contribution in [0, 0.1) is 10.1 Å². The fraction of sp³-hybridized carbons (Fsp3) is 0.143. The number of fused-ring (bicyclic) bond motifs is 2. The number of nitro groups is 1. The number of nitrogens with zero attached hydrogens (tertiary/aromatic N) is 1. The van der Waals surface area contributed by atoms with Crippen molar-refractivity contribution in [1.82, 2.24) is 0 Å². The van der Waals surface area contributed by atoms with E-state index in [9.17, 15) is 10.1 Å². The van der Waals surface area contributed by atoms with Gasteiger partial charge in [0.2, 0.25) is 0 Å². The van der Waals surface area contributed by atoms with Gasteiger partial charge in [-0.15, -0.1) is 0 Å². The highest BCUT2D eigenvalue weighted by molar-refractivity contribution is 7.99. The highest BCUT2D eigenvalue weighted by Gasteiger charge is 2.19. The van der Waals surface area contributed by atoms with Gasteiger partial charge in [-0.3, -0.25) is 10.1 Å². The molecule has 96 valence electrons. The SMILES string of the molecule is [11CH3]Oc1ccc2c(c1)Sc1cc([N+](=O)[O-])ccc1C2. The van der Waals surface area contributed by atoms with Crippen LogP contribution in [0.15, 0.2) is 46.2 Å². The van der Waals surface area contributed by atoms with Gasteiger partial charge in [-0.1, -0.05) is 23.9 Å². The molecule has 2 aromatic rings. The molecule has 2 aromatic carbocycles. The Morgan fingerprint density at radius 1 is 1.16 bits per heavy atom. The molecule has 1 aliphatic heterocycles. The summed E-state index contributed by atoms with van der Waals surface area (Å²) in [5.41, 5.74) is 2.50. The molecule has 0 N–H and O–H groups in total. The van der Waals surface area contributed by atoms with Crippen molar-refractivity contribution in [2.24, 2.45) is 0 Å². The summed E-state index contributed by atoms with van der Waals surface area (Å²) in [6.07, 6.45) is 0.805. The maximum atomic E-state index is 10.8. The number of ether oxygens (including phenoxy) is 1. The van der Waals surface area contributed by atoms with Gasteiger partial charge in [-0.2, -0.15) is 0 Å². The zero-order chi connectivity index (χ0) is 13.4. The van der Waals surface area contributed by atoms with E-state index >= 15 is 0 Å². The molecular weight excluding hydrogens is 261 g/mol. The average molecular weight is 272 g/mol. The first-order valence-electron chi connectivity index (χ1n) is 5.79. The number of non-ortho nitro benzene ring substituents is 1. The number of rotatable bonds is 2. The molecular formula is C14H11NO3S. The first kappa shape index (κ1) is 12.0. The minimum Gasteiger partial charge on any atom is -0.497 e. The Balaban J connectivity index is 2.02. The summed E-state index contributed by atoms with van der Waals surface area (Å²) in [7, 11) is 1.63. The summed E-state index contributed by atoms with van der Waals surface area (Å²) in [5.74, 6) is 0.806. The molecule has 0 spiro atoms. The fourth-order valence-electron chi connectivity index (χ4n) is 2.12. The largest absolute Gasteiger partial charge is 0.497 e. The Kier molecular flexibility index (Phi) is 2.91. The van der Waals surface area contributed by atoms with E-state index in [-0.39, 0.29) is 10.6 Å². The maximum Gasteiger partial charge on any atom is 0.270 e. The minimum atomic E-state index is -0.359. The molecule has 0 radical (unpaired) electrons. The first-order chi connectivity index (χ1) is 9.17. The van der Waals surface area contributed by atoms with E-state index in [0.29, 0.717) is 0 Å². The van der Waals surface area contributed by atoms with Crippen LogP contribution in [-0.4, -0.2) is 12.0 Å². The quantitative estimate of drug-likeness (QED) is 0.527. The van der Waals surface area contributed by atoms with E-state index < -0.39 is 0 Å². The zero-order valence-corrected chi connectivity index (χ0v) is 11.1. The molecule has 0 bridgehead atoms. The molecule has 3 rings (SSSR count). The van der Waals surface area contributed by atoms with Gasteiger partial charge < -0.3 is 4.74 Å². The van der Waals surface area contributed by atoms with Crippen LogP contribution < -0.4 is 4.74 Å². The molecule has 0 saturated carbocycles.